The Morgan fingerprint density at radius 1 is 1.56 bits per heavy atom. The van der Waals surface area contributed by atoms with Crippen LogP contribution in [0.15, 0.2) is 0 Å². The molecule has 0 amide bonds. The van der Waals surface area contributed by atoms with Crippen molar-refractivity contribution in [1.82, 2.24) is 0 Å². The molecule has 0 aliphatic heterocycles. The molecule has 0 fully saturated rings. The summed E-state index contributed by atoms with van der Waals surface area (Å²) in [6, 6.07) is 0. The fourth-order valence-electron chi connectivity index (χ4n) is 0.191. The molecule has 3 nitrogen and oxygen atoms in total. The largest absolute Gasteiger partial charge is 0.420 e. The molecule has 0 saturated carbocycles. The average Bonchev–Trinajstić information content (AvgIpc) is 1.14. The van der Waals surface area contributed by atoms with Crippen LogP contribution in [0.5, 0.6) is 0 Å². The lowest BCUT2D eigenvalue weighted by atomic mass is 10.8. The third-order valence-corrected chi connectivity index (χ3v) is 0.907. The highest BCUT2D eigenvalue weighted by molar-refractivity contribution is 7.94. The molecule has 0 rings (SSSR count). The van der Waals surface area contributed by atoms with Gasteiger partial charge in [0.05, 0.1) is 0 Å². The fraction of sp³-hybridized carbons (Fsp3) is 0.500. The minimum absolute atomic E-state index is 0.764. The molecule has 56 valence electrons. The van der Waals surface area contributed by atoms with Gasteiger partial charge in [0.2, 0.25) is 0 Å². The van der Waals surface area contributed by atoms with E-state index in [1.807, 2.05) is 0 Å². The molecular weight excluding hydrogens is 159 g/mol. The van der Waals surface area contributed by atoms with Gasteiger partial charge in [-0.1, -0.05) is 0 Å². The number of halogens is 3. The summed E-state index contributed by atoms with van der Waals surface area (Å²) in [5.41, 5.74) is 0. The van der Waals surface area contributed by atoms with Gasteiger partial charge in [0.25, 0.3) is 0 Å². The third-order valence-electron chi connectivity index (χ3n) is 0.302. The molecule has 0 radical (unpaired) electrons. The molecule has 0 aliphatic carbocycles. The zero-order valence-electron chi connectivity index (χ0n) is 4.05. The van der Waals surface area contributed by atoms with E-state index in [1.54, 1.807) is 0 Å². The van der Waals surface area contributed by atoms with E-state index in [2.05, 4.69) is 5.14 Å². The van der Waals surface area contributed by atoms with Gasteiger partial charge in [-0.15, -0.1) is 0 Å². The molecule has 1 atom stereocenters. The van der Waals surface area contributed by atoms with E-state index in [9.17, 15) is 17.4 Å². The Labute approximate surface area is 49.6 Å². The SMILES string of the molecule is NS(=O)(O)=CC(F)(F)F. The molecule has 9 heavy (non-hydrogen) atoms. The first-order chi connectivity index (χ1) is 3.71. The zero-order chi connectivity index (χ0) is 7.71. The first-order valence-electron chi connectivity index (χ1n) is 1.68. The van der Waals surface area contributed by atoms with E-state index in [0.29, 0.717) is 0 Å². The predicted molar refractivity (Wildman–Crippen MR) is 27.1 cm³/mol. The summed E-state index contributed by atoms with van der Waals surface area (Å²) in [4.78, 5) is 0. The van der Waals surface area contributed by atoms with Crippen molar-refractivity contribution in [3.63, 3.8) is 0 Å². The Bertz CT molecular complexity index is 192. The molecule has 0 aromatic carbocycles. The van der Waals surface area contributed by atoms with Crippen LogP contribution in [0.25, 0.3) is 0 Å². The summed E-state index contributed by atoms with van der Waals surface area (Å²) in [6.45, 7) is 0. The van der Waals surface area contributed by atoms with Gasteiger partial charge in [0.1, 0.15) is 15.4 Å². The Morgan fingerprint density at radius 2 is 1.89 bits per heavy atom. The molecule has 0 heterocycles. The first kappa shape index (κ1) is 8.73. The van der Waals surface area contributed by atoms with E-state index in [4.69, 9.17) is 4.55 Å². The second-order valence-corrected chi connectivity index (χ2v) is 2.74. The topological polar surface area (TPSA) is 63.3 Å². The van der Waals surface area contributed by atoms with E-state index >= 15 is 0 Å². The summed E-state index contributed by atoms with van der Waals surface area (Å²) < 4.78 is 50.9. The molecule has 0 saturated heterocycles. The van der Waals surface area contributed by atoms with Gasteiger partial charge in [0.15, 0.2) is 0 Å². The molecule has 7 heteroatoms. The monoisotopic (exact) mass is 163 g/mol. The maximum Gasteiger partial charge on any atom is 0.420 e. The van der Waals surface area contributed by atoms with E-state index < -0.39 is 21.5 Å². The number of rotatable bonds is 0. The Morgan fingerprint density at radius 3 is 1.89 bits per heavy atom. The smallest absolute Gasteiger partial charge is 0.302 e. The summed E-state index contributed by atoms with van der Waals surface area (Å²) in [7, 11) is -4.28. The van der Waals surface area contributed by atoms with Gasteiger partial charge in [-0.25, -0.2) is 9.35 Å². The van der Waals surface area contributed by atoms with Crippen LogP contribution >= 0.6 is 0 Å². The second kappa shape index (κ2) is 2.16. The van der Waals surface area contributed by atoms with Crippen LogP contribution in [0.3, 0.4) is 0 Å². The molecule has 1 unspecified atom stereocenters. The normalized spacial score (nSPS) is 18.8. The van der Waals surface area contributed by atoms with Crippen LogP contribution in [0.1, 0.15) is 0 Å². The Kier molecular flexibility index (Phi) is 2.10. The summed E-state index contributed by atoms with van der Waals surface area (Å²) >= 11 is 0. The molecule has 0 spiro atoms. The van der Waals surface area contributed by atoms with E-state index in [-0.39, 0.29) is 0 Å². The summed E-state index contributed by atoms with van der Waals surface area (Å²) in [6.07, 6.45) is -4.79. The number of alkyl halides is 3. The van der Waals surface area contributed by atoms with Crippen LogP contribution in [-0.4, -0.2) is 20.3 Å². The molecule has 0 aromatic rings. The lowest BCUT2D eigenvalue weighted by molar-refractivity contribution is -0.0517. The van der Waals surface area contributed by atoms with Crippen molar-refractivity contribution in [2.24, 2.45) is 5.14 Å². The van der Waals surface area contributed by atoms with Crippen molar-refractivity contribution in [2.45, 2.75) is 6.18 Å². The van der Waals surface area contributed by atoms with Crippen LogP contribution in [0.4, 0.5) is 13.2 Å². The minimum atomic E-state index is -4.79. The summed E-state index contributed by atoms with van der Waals surface area (Å²) in [5.74, 6) is 0. The third kappa shape index (κ3) is 7.73. The van der Waals surface area contributed by atoms with Gasteiger partial charge in [-0.3, -0.25) is 0 Å². The highest BCUT2D eigenvalue weighted by Crippen LogP contribution is 2.10. The Balaban J connectivity index is 4.53. The van der Waals surface area contributed by atoms with Crippen LogP contribution < -0.4 is 5.14 Å². The highest BCUT2D eigenvalue weighted by Gasteiger charge is 2.26. The van der Waals surface area contributed by atoms with E-state index in [1.165, 1.54) is 0 Å². The van der Waals surface area contributed by atoms with E-state index in [0.717, 1.165) is 0 Å². The van der Waals surface area contributed by atoms with Gasteiger partial charge in [0, 0.05) is 0 Å². The lowest BCUT2D eigenvalue weighted by Crippen LogP contribution is -2.22. The number of nitrogens with two attached hydrogens (primary N) is 1. The molecule has 0 aromatic heterocycles. The molecule has 3 N–H and O–H groups in total. The maximum absolute atomic E-state index is 11.1. The molecule has 0 bridgehead atoms. The number of hydrogen-bond donors (Lipinski definition) is 2. The maximum atomic E-state index is 11.1. The van der Waals surface area contributed by atoms with Crippen LogP contribution in [0, 0.1) is 0 Å². The zero-order valence-corrected chi connectivity index (χ0v) is 4.87. The van der Waals surface area contributed by atoms with Gasteiger partial charge in [-0.2, -0.15) is 13.2 Å². The molecular formula is C2H4F3NO2S. The standard InChI is InChI=1S/C2H4F3NO2S/c3-2(4,5)1-9(6,7)8/h1H,(H3,6,7,8). The van der Waals surface area contributed by atoms with Gasteiger partial charge >= 0.3 is 6.18 Å². The van der Waals surface area contributed by atoms with Gasteiger partial charge < -0.3 is 4.55 Å². The van der Waals surface area contributed by atoms with Crippen LogP contribution in [-0.2, 0) is 9.99 Å². The van der Waals surface area contributed by atoms with Crippen molar-refractivity contribution < 1.29 is 21.9 Å². The quantitative estimate of drug-likeness (QED) is 0.493. The van der Waals surface area contributed by atoms with Crippen LogP contribution in [0.2, 0.25) is 0 Å². The average molecular weight is 163 g/mol. The minimum Gasteiger partial charge on any atom is -0.302 e. The first-order valence-corrected chi connectivity index (χ1v) is 3.32. The van der Waals surface area contributed by atoms with Crippen molar-refractivity contribution in [1.29, 1.82) is 0 Å². The predicted octanol–water partition coefficient (Wildman–Crippen LogP) is -0.0180. The Hall–Kier alpha value is -0.270. The number of hydrogen-bond acceptors (Lipinski definition) is 1. The summed E-state index contributed by atoms with van der Waals surface area (Å²) in [5, 5.41) is 3.37. The second-order valence-electron chi connectivity index (χ2n) is 1.27. The van der Waals surface area contributed by atoms with Crippen molar-refractivity contribution in [3.8, 4) is 0 Å². The molecule has 0 aliphatic rings. The van der Waals surface area contributed by atoms with Crippen molar-refractivity contribution in [3.05, 3.63) is 0 Å². The lowest BCUT2D eigenvalue weighted by Gasteiger charge is -1.98. The van der Waals surface area contributed by atoms with Crippen molar-refractivity contribution >= 4 is 15.4 Å². The fourth-order valence-corrected chi connectivity index (χ4v) is 0.574. The van der Waals surface area contributed by atoms with Gasteiger partial charge in [-0.05, 0) is 0 Å². The van der Waals surface area contributed by atoms with Crippen molar-refractivity contribution in [2.75, 3.05) is 0 Å². The highest BCUT2D eigenvalue weighted by atomic mass is 32.2.